The molecule has 0 bridgehead atoms. The van der Waals surface area contributed by atoms with Crippen molar-refractivity contribution in [1.82, 2.24) is 24.5 Å². The first-order chi connectivity index (χ1) is 17.4. The van der Waals surface area contributed by atoms with Gasteiger partial charge in [-0.05, 0) is 49.2 Å². The van der Waals surface area contributed by atoms with Crippen molar-refractivity contribution < 1.29 is 17.5 Å². The minimum Gasteiger partial charge on any atom is -0.381 e. The lowest BCUT2D eigenvalue weighted by Gasteiger charge is -2.25. The van der Waals surface area contributed by atoms with Crippen molar-refractivity contribution in [2.75, 3.05) is 25.2 Å². The number of rotatable bonds is 6. The molecule has 0 saturated carbocycles. The summed E-state index contributed by atoms with van der Waals surface area (Å²) in [5.74, 6) is -0.0398. The summed E-state index contributed by atoms with van der Waals surface area (Å²) in [6.07, 6.45) is 8.47. The first-order valence-corrected chi connectivity index (χ1v) is 14.0. The van der Waals surface area contributed by atoms with Crippen LogP contribution in [0.2, 0.25) is 0 Å². The zero-order chi connectivity index (χ0) is 24.9. The molecule has 2 aromatic carbocycles. The summed E-state index contributed by atoms with van der Waals surface area (Å²) in [4.78, 5) is 0. The average molecular weight is 508 g/mol. The molecule has 1 aliphatic rings. The van der Waals surface area contributed by atoms with Gasteiger partial charge in [0.2, 0.25) is 0 Å². The van der Waals surface area contributed by atoms with Crippen molar-refractivity contribution in [2.45, 2.75) is 25.3 Å². The molecule has 0 atom stereocenters. The predicted octanol–water partition coefficient (Wildman–Crippen LogP) is 4.45. The van der Waals surface area contributed by atoms with Crippen molar-refractivity contribution in [3.63, 3.8) is 0 Å². The molecule has 4 heterocycles. The van der Waals surface area contributed by atoms with Crippen molar-refractivity contribution in [1.29, 1.82) is 0 Å². The number of H-pyrrole nitrogens is 1. The van der Waals surface area contributed by atoms with Gasteiger partial charge in [-0.15, -0.1) is 0 Å². The van der Waals surface area contributed by atoms with Gasteiger partial charge in [-0.25, -0.2) is 12.8 Å². The Bertz CT molecular complexity index is 1660. The Kier molecular flexibility index (Phi) is 5.65. The standard InChI is InChI=1S/C26H26FN5O3S/c1-36(33,34)11-8-31-16-19(15-29-31)25-22-13-23-18(14-28-30-23)12-24(22)32(21-4-2-20(27)3-5-21)26(25)17-6-9-35-10-7-17/h2-5,12-17H,6-11H2,1H3,(H,28,30). The first kappa shape index (κ1) is 22.9. The van der Waals surface area contributed by atoms with Gasteiger partial charge in [-0.1, -0.05) is 0 Å². The Morgan fingerprint density at radius 3 is 2.67 bits per heavy atom. The molecule has 1 fully saturated rings. The van der Waals surface area contributed by atoms with Crippen LogP contribution in [-0.2, 0) is 21.1 Å². The number of benzene rings is 2. The molecule has 10 heteroatoms. The number of ether oxygens (including phenoxy) is 1. The smallest absolute Gasteiger partial charge is 0.149 e. The molecule has 186 valence electrons. The lowest BCUT2D eigenvalue weighted by Crippen LogP contribution is -2.17. The van der Waals surface area contributed by atoms with Crippen LogP contribution in [0, 0.1) is 5.82 Å². The third-order valence-corrected chi connectivity index (χ3v) is 7.79. The quantitative estimate of drug-likeness (QED) is 0.367. The van der Waals surface area contributed by atoms with E-state index in [1.54, 1.807) is 29.2 Å². The number of fused-ring (bicyclic) bond motifs is 2. The van der Waals surface area contributed by atoms with Crippen LogP contribution in [0.15, 0.2) is 55.0 Å². The highest BCUT2D eigenvalue weighted by atomic mass is 32.2. The van der Waals surface area contributed by atoms with Crippen molar-refractivity contribution in [3.8, 4) is 16.8 Å². The number of nitrogens with one attached hydrogen (secondary N) is 1. The minimum atomic E-state index is -3.11. The van der Waals surface area contributed by atoms with Gasteiger partial charge in [0, 0.05) is 64.9 Å². The van der Waals surface area contributed by atoms with E-state index in [2.05, 4.69) is 32.0 Å². The number of aromatic amines is 1. The molecule has 0 radical (unpaired) electrons. The second-order valence-electron chi connectivity index (χ2n) is 9.41. The molecular formula is C26H26FN5O3S. The Balaban J connectivity index is 1.62. The summed E-state index contributed by atoms with van der Waals surface area (Å²) in [6.45, 7) is 1.63. The molecular weight excluding hydrogens is 481 g/mol. The lowest BCUT2D eigenvalue weighted by molar-refractivity contribution is 0.0843. The van der Waals surface area contributed by atoms with E-state index in [9.17, 15) is 12.8 Å². The van der Waals surface area contributed by atoms with E-state index < -0.39 is 9.84 Å². The lowest BCUT2D eigenvalue weighted by atomic mass is 9.91. The molecule has 1 N–H and O–H groups in total. The van der Waals surface area contributed by atoms with Crippen LogP contribution in [0.3, 0.4) is 0 Å². The maximum atomic E-state index is 13.9. The number of hydrogen-bond donors (Lipinski definition) is 1. The SMILES string of the molecule is CS(=O)(=O)CCn1cc(-c2c(C3CCOCC3)n(-c3ccc(F)cc3)c3cc4cn[nH]c4cc23)cn1. The molecule has 8 nitrogen and oxygen atoms in total. The highest BCUT2D eigenvalue weighted by Crippen LogP contribution is 2.44. The van der Waals surface area contributed by atoms with E-state index in [0.717, 1.165) is 57.2 Å². The van der Waals surface area contributed by atoms with Gasteiger partial charge in [0.1, 0.15) is 15.7 Å². The van der Waals surface area contributed by atoms with Crippen LogP contribution in [0.25, 0.3) is 38.6 Å². The molecule has 0 amide bonds. The fraction of sp³-hybridized carbons (Fsp3) is 0.308. The Labute approximate surface area is 207 Å². The van der Waals surface area contributed by atoms with Gasteiger partial charge in [0.15, 0.2) is 0 Å². The fourth-order valence-electron chi connectivity index (χ4n) is 5.15. The second kappa shape index (κ2) is 8.86. The van der Waals surface area contributed by atoms with Crippen molar-refractivity contribution in [2.24, 2.45) is 0 Å². The minimum absolute atomic E-state index is 0.0209. The number of aryl methyl sites for hydroxylation is 1. The third kappa shape index (κ3) is 4.20. The number of hydrogen-bond acceptors (Lipinski definition) is 5. The molecule has 5 aromatic rings. The van der Waals surface area contributed by atoms with Gasteiger partial charge in [-0.2, -0.15) is 10.2 Å². The largest absolute Gasteiger partial charge is 0.381 e. The third-order valence-electron chi connectivity index (χ3n) is 6.87. The van der Waals surface area contributed by atoms with E-state index in [1.165, 1.54) is 18.4 Å². The maximum absolute atomic E-state index is 13.9. The summed E-state index contributed by atoms with van der Waals surface area (Å²) < 4.78 is 46.9. The topological polar surface area (TPSA) is 94.8 Å². The Hall–Kier alpha value is -3.50. The van der Waals surface area contributed by atoms with Crippen LogP contribution in [0.1, 0.15) is 24.5 Å². The summed E-state index contributed by atoms with van der Waals surface area (Å²) in [5.41, 5.74) is 5.88. The molecule has 36 heavy (non-hydrogen) atoms. The highest BCUT2D eigenvalue weighted by Gasteiger charge is 2.29. The van der Waals surface area contributed by atoms with E-state index in [-0.39, 0.29) is 24.0 Å². The molecule has 1 aliphatic heterocycles. The molecule has 6 rings (SSSR count). The van der Waals surface area contributed by atoms with Crippen LogP contribution in [0.5, 0.6) is 0 Å². The number of sulfone groups is 1. The van der Waals surface area contributed by atoms with Gasteiger partial charge < -0.3 is 9.30 Å². The number of aromatic nitrogens is 5. The predicted molar refractivity (Wildman–Crippen MR) is 137 cm³/mol. The van der Waals surface area contributed by atoms with Gasteiger partial charge in [0.05, 0.1) is 35.7 Å². The summed E-state index contributed by atoms with van der Waals surface area (Å²) >= 11 is 0. The first-order valence-electron chi connectivity index (χ1n) is 11.9. The van der Waals surface area contributed by atoms with Crippen LogP contribution in [-0.4, -0.2) is 58.2 Å². The molecule has 0 aliphatic carbocycles. The van der Waals surface area contributed by atoms with Crippen molar-refractivity contribution >= 4 is 31.6 Å². The van der Waals surface area contributed by atoms with Crippen LogP contribution < -0.4 is 0 Å². The fourth-order valence-corrected chi connectivity index (χ4v) is 5.67. The average Bonchev–Trinajstić information content (AvgIpc) is 3.59. The van der Waals surface area contributed by atoms with Crippen LogP contribution >= 0.6 is 0 Å². The normalized spacial score (nSPS) is 15.3. The molecule has 1 saturated heterocycles. The molecule has 0 unspecified atom stereocenters. The Morgan fingerprint density at radius 1 is 1.14 bits per heavy atom. The zero-order valence-corrected chi connectivity index (χ0v) is 20.6. The molecule has 3 aromatic heterocycles. The van der Waals surface area contributed by atoms with E-state index in [1.807, 2.05) is 6.20 Å². The van der Waals surface area contributed by atoms with Gasteiger partial charge >= 0.3 is 0 Å². The maximum Gasteiger partial charge on any atom is 0.149 e. The van der Waals surface area contributed by atoms with Crippen LogP contribution in [0.4, 0.5) is 4.39 Å². The van der Waals surface area contributed by atoms with E-state index >= 15 is 0 Å². The summed E-state index contributed by atoms with van der Waals surface area (Å²) in [5, 5.41) is 13.8. The summed E-state index contributed by atoms with van der Waals surface area (Å²) in [6, 6.07) is 10.8. The van der Waals surface area contributed by atoms with Gasteiger partial charge in [0.25, 0.3) is 0 Å². The highest BCUT2D eigenvalue weighted by molar-refractivity contribution is 7.90. The zero-order valence-electron chi connectivity index (χ0n) is 19.8. The Morgan fingerprint density at radius 2 is 1.92 bits per heavy atom. The monoisotopic (exact) mass is 507 g/mol. The van der Waals surface area contributed by atoms with Crippen molar-refractivity contribution in [3.05, 3.63) is 66.5 Å². The number of halogens is 1. The van der Waals surface area contributed by atoms with E-state index in [0.29, 0.717) is 13.2 Å². The summed E-state index contributed by atoms with van der Waals surface area (Å²) in [7, 11) is -3.11. The molecule has 0 spiro atoms. The van der Waals surface area contributed by atoms with E-state index in [4.69, 9.17) is 4.74 Å². The second-order valence-corrected chi connectivity index (χ2v) is 11.7. The van der Waals surface area contributed by atoms with Gasteiger partial charge in [-0.3, -0.25) is 9.78 Å². The number of nitrogens with zero attached hydrogens (tertiary/aromatic N) is 4.